The Balaban J connectivity index is 1.78. The van der Waals surface area contributed by atoms with Crippen LogP contribution in [0.2, 0.25) is 0 Å². The monoisotopic (exact) mass is 304 g/mol. The Bertz CT molecular complexity index is 589. The smallest absolute Gasteiger partial charge is 0.234 e. The summed E-state index contributed by atoms with van der Waals surface area (Å²) < 4.78 is 1.84. The highest BCUT2D eigenvalue weighted by molar-refractivity contribution is 7.99. The van der Waals surface area contributed by atoms with Gasteiger partial charge in [-0.1, -0.05) is 6.07 Å². The maximum absolute atomic E-state index is 11.9. The Kier molecular flexibility index (Phi) is 5.01. The highest BCUT2D eigenvalue weighted by Crippen LogP contribution is 2.16. The maximum atomic E-state index is 11.9. The molecule has 5 nitrogen and oxygen atoms in total. The van der Waals surface area contributed by atoms with Gasteiger partial charge in [-0.15, -0.1) is 11.8 Å². The van der Waals surface area contributed by atoms with Crippen molar-refractivity contribution in [3.63, 3.8) is 0 Å². The van der Waals surface area contributed by atoms with E-state index in [4.69, 9.17) is 0 Å². The third-order valence-electron chi connectivity index (χ3n) is 2.78. The highest BCUT2D eigenvalue weighted by Gasteiger charge is 2.14. The second kappa shape index (κ2) is 6.76. The molecule has 21 heavy (non-hydrogen) atoms. The number of pyridine rings is 1. The summed E-state index contributed by atoms with van der Waals surface area (Å²) in [6, 6.07) is 3.90. The van der Waals surface area contributed by atoms with Crippen molar-refractivity contribution >= 4 is 23.4 Å². The van der Waals surface area contributed by atoms with Gasteiger partial charge in [0, 0.05) is 24.3 Å². The minimum Gasteiger partial charge on any atom is -0.323 e. The molecular formula is C15H20N4OS. The maximum Gasteiger partial charge on any atom is 0.234 e. The molecule has 112 valence electrons. The molecule has 2 aromatic heterocycles. The average molecular weight is 304 g/mol. The largest absolute Gasteiger partial charge is 0.323 e. The predicted octanol–water partition coefficient (Wildman–Crippen LogP) is 2.91. The topological polar surface area (TPSA) is 59.8 Å². The zero-order valence-corrected chi connectivity index (χ0v) is 13.4. The van der Waals surface area contributed by atoms with E-state index in [0.29, 0.717) is 5.75 Å². The molecule has 2 heterocycles. The van der Waals surface area contributed by atoms with Gasteiger partial charge < -0.3 is 5.32 Å². The molecule has 2 rings (SSSR count). The van der Waals surface area contributed by atoms with Crippen LogP contribution in [0.1, 0.15) is 26.3 Å². The lowest BCUT2D eigenvalue weighted by Gasteiger charge is -2.18. The quantitative estimate of drug-likeness (QED) is 0.922. The Hall–Kier alpha value is -1.82. The van der Waals surface area contributed by atoms with Crippen LogP contribution < -0.4 is 5.32 Å². The second-order valence-electron chi connectivity index (χ2n) is 5.75. The van der Waals surface area contributed by atoms with Crippen LogP contribution in [0.3, 0.4) is 0 Å². The first-order chi connectivity index (χ1) is 9.95. The summed E-state index contributed by atoms with van der Waals surface area (Å²) in [6.07, 6.45) is 7.09. The second-order valence-corrected chi connectivity index (χ2v) is 6.73. The Morgan fingerprint density at radius 3 is 2.81 bits per heavy atom. The third kappa shape index (κ3) is 4.90. The first-order valence-corrected chi connectivity index (χ1v) is 7.92. The molecule has 1 amide bonds. The molecular weight excluding hydrogens is 284 g/mol. The van der Waals surface area contributed by atoms with Crippen molar-refractivity contribution in [1.29, 1.82) is 0 Å². The van der Waals surface area contributed by atoms with Crippen LogP contribution in [-0.4, -0.2) is 26.4 Å². The molecule has 1 N–H and O–H groups in total. The number of amides is 1. The summed E-state index contributed by atoms with van der Waals surface area (Å²) in [4.78, 5) is 15.9. The number of carbonyl (C=O) groups is 1. The van der Waals surface area contributed by atoms with E-state index < -0.39 is 0 Å². The fourth-order valence-corrected chi connectivity index (χ4v) is 2.46. The highest BCUT2D eigenvalue weighted by atomic mass is 32.2. The fraction of sp³-hybridized carbons (Fsp3) is 0.400. The fourth-order valence-electron chi connectivity index (χ4n) is 1.70. The Morgan fingerprint density at radius 1 is 1.38 bits per heavy atom. The SMILES string of the molecule is CC(C)(C)n1cc(NC(=O)CSCc2cccnc2)cn1. The summed E-state index contributed by atoms with van der Waals surface area (Å²) in [5.74, 6) is 1.18. The predicted molar refractivity (Wildman–Crippen MR) is 86.3 cm³/mol. The Labute approximate surface area is 129 Å². The van der Waals surface area contributed by atoms with E-state index in [1.54, 1.807) is 24.2 Å². The van der Waals surface area contributed by atoms with Gasteiger partial charge in [0.1, 0.15) is 0 Å². The zero-order chi connectivity index (χ0) is 15.3. The first kappa shape index (κ1) is 15.6. The lowest BCUT2D eigenvalue weighted by molar-refractivity contribution is -0.113. The van der Waals surface area contributed by atoms with Gasteiger partial charge in [-0.2, -0.15) is 5.10 Å². The molecule has 0 radical (unpaired) electrons. The molecule has 0 atom stereocenters. The molecule has 0 aliphatic carbocycles. The average Bonchev–Trinajstić information content (AvgIpc) is 2.88. The lowest BCUT2D eigenvalue weighted by atomic mass is 10.1. The first-order valence-electron chi connectivity index (χ1n) is 6.77. The molecule has 0 aliphatic rings. The molecule has 0 fully saturated rings. The number of rotatable bonds is 5. The number of nitrogens with one attached hydrogen (secondary N) is 1. The van der Waals surface area contributed by atoms with Gasteiger partial charge in [0.2, 0.25) is 5.91 Å². The molecule has 0 aliphatic heterocycles. The van der Waals surface area contributed by atoms with Crippen molar-refractivity contribution in [2.75, 3.05) is 11.1 Å². The van der Waals surface area contributed by atoms with E-state index in [1.165, 1.54) is 0 Å². The van der Waals surface area contributed by atoms with Crippen LogP contribution in [-0.2, 0) is 16.1 Å². The van der Waals surface area contributed by atoms with E-state index in [-0.39, 0.29) is 11.4 Å². The van der Waals surface area contributed by atoms with Crippen molar-refractivity contribution in [2.24, 2.45) is 0 Å². The molecule has 0 saturated heterocycles. The van der Waals surface area contributed by atoms with Gasteiger partial charge in [0.15, 0.2) is 0 Å². The van der Waals surface area contributed by atoms with Crippen LogP contribution in [0, 0.1) is 0 Å². The van der Waals surface area contributed by atoms with E-state index in [0.717, 1.165) is 17.0 Å². The molecule has 0 aromatic carbocycles. The number of thioether (sulfide) groups is 1. The van der Waals surface area contributed by atoms with Crippen molar-refractivity contribution in [3.05, 3.63) is 42.5 Å². The van der Waals surface area contributed by atoms with Gasteiger partial charge >= 0.3 is 0 Å². The molecule has 0 saturated carbocycles. The molecule has 2 aromatic rings. The summed E-state index contributed by atoms with van der Waals surface area (Å²) >= 11 is 1.57. The summed E-state index contributed by atoms with van der Waals surface area (Å²) in [6.45, 7) is 6.19. The van der Waals surface area contributed by atoms with Crippen molar-refractivity contribution < 1.29 is 4.79 Å². The van der Waals surface area contributed by atoms with Crippen LogP contribution in [0.25, 0.3) is 0 Å². The molecule has 0 unspecified atom stereocenters. The molecule has 6 heteroatoms. The van der Waals surface area contributed by atoms with Gasteiger partial charge in [0.25, 0.3) is 0 Å². The number of anilines is 1. The Morgan fingerprint density at radius 2 is 2.19 bits per heavy atom. The van der Waals surface area contributed by atoms with E-state index in [9.17, 15) is 4.79 Å². The standard InChI is InChI=1S/C15H20N4OS/c1-15(2,3)19-9-13(8-17-19)18-14(20)11-21-10-12-5-4-6-16-7-12/h4-9H,10-11H2,1-3H3,(H,18,20). The zero-order valence-electron chi connectivity index (χ0n) is 12.5. The van der Waals surface area contributed by atoms with E-state index in [1.807, 2.05) is 29.2 Å². The normalized spacial score (nSPS) is 11.4. The van der Waals surface area contributed by atoms with Gasteiger partial charge in [-0.3, -0.25) is 14.5 Å². The van der Waals surface area contributed by atoms with Crippen LogP contribution >= 0.6 is 11.8 Å². The van der Waals surface area contributed by atoms with Crippen molar-refractivity contribution in [1.82, 2.24) is 14.8 Å². The number of hydrogen-bond acceptors (Lipinski definition) is 4. The van der Waals surface area contributed by atoms with E-state index in [2.05, 4.69) is 36.2 Å². The summed E-state index contributed by atoms with van der Waals surface area (Å²) in [5, 5.41) is 7.12. The van der Waals surface area contributed by atoms with Gasteiger partial charge in [0.05, 0.1) is 23.2 Å². The summed E-state index contributed by atoms with van der Waals surface area (Å²) in [7, 11) is 0. The van der Waals surface area contributed by atoms with Crippen LogP contribution in [0.5, 0.6) is 0 Å². The van der Waals surface area contributed by atoms with Crippen molar-refractivity contribution in [2.45, 2.75) is 32.1 Å². The lowest BCUT2D eigenvalue weighted by Crippen LogP contribution is -2.22. The minimum atomic E-state index is -0.0853. The minimum absolute atomic E-state index is 0.0163. The van der Waals surface area contributed by atoms with Crippen LogP contribution in [0.15, 0.2) is 36.9 Å². The molecule has 0 bridgehead atoms. The van der Waals surface area contributed by atoms with Crippen LogP contribution in [0.4, 0.5) is 5.69 Å². The number of carbonyl (C=O) groups excluding carboxylic acids is 1. The van der Waals surface area contributed by atoms with Gasteiger partial charge in [-0.25, -0.2) is 0 Å². The van der Waals surface area contributed by atoms with Crippen molar-refractivity contribution in [3.8, 4) is 0 Å². The number of aromatic nitrogens is 3. The number of nitrogens with zero attached hydrogens (tertiary/aromatic N) is 3. The van der Waals surface area contributed by atoms with Gasteiger partial charge in [-0.05, 0) is 32.4 Å². The number of hydrogen-bond donors (Lipinski definition) is 1. The third-order valence-corrected chi connectivity index (χ3v) is 3.78. The molecule has 0 spiro atoms. The summed E-state index contributed by atoms with van der Waals surface area (Å²) in [5.41, 5.74) is 1.77. The van der Waals surface area contributed by atoms with E-state index >= 15 is 0 Å².